The second kappa shape index (κ2) is 7.34. The van der Waals surface area contributed by atoms with Gasteiger partial charge in [-0.2, -0.15) is 0 Å². The van der Waals surface area contributed by atoms with Crippen LogP contribution in [0.2, 0.25) is 0 Å². The van der Waals surface area contributed by atoms with Crippen molar-refractivity contribution in [3.8, 4) is 0 Å². The smallest absolute Gasteiger partial charge is 0.0593 e. The van der Waals surface area contributed by atoms with Crippen molar-refractivity contribution in [3.63, 3.8) is 0 Å². The Kier molecular flexibility index (Phi) is 7.29. The molecule has 0 saturated carbocycles. The Bertz CT molecular complexity index is 113. The fourth-order valence-corrected chi connectivity index (χ4v) is 1.41. The van der Waals surface area contributed by atoms with Crippen LogP contribution in [0.25, 0.3) is 0 Å². The van der Waals surface area contributed by atoms with E-state index >= 15 is 0 Å². The molecule has 0 aliphatic rings. The topological polar surface area (TPSA) is 18.5 Å². The van der Waals surface area contributed by atoms with Gasteiger partial charge in [0.2, 0.25) is 0 Å². The first-order valence-corrected chi connectivity index (χ1v) is 5.13. The fourth-order valence-electron chi connectivity index (χ4n) is 1.41. The van der Waals surface area contributed by atoms with Crippen LogP contribution in [-0.2, 0) is 9.47 Å². The molecule has 0 aliphatic heterocycles. The van der Waals surface area contributed by atoms with E-state index < -0.39 is 0 Å². The average molecular weight is 188 g/mol. The molecule has 0 saturated heterocycles. The highest BCUT2D eigenvalue weighted by Gasteiger charge is 2.16. The van der Waals surface area contributed by atoms with Gasteiger partial charge < -0.3 is 9.47 Å². The maximum atomic E-state index is 5.32. The molecule has 2 atom stereocenters. The van der Waals surface area contributed by atoms with E-state index in [0.29, 0.717) is 12.0 Å². The molecule has 80 valence electrons. The van der Waals surface area contributed by atoms with Crippen LogP contribution in [0, 0.1) is 11.8 Å². The van der Waals surface area contributed by atoms with E-state index in [1.54, 1.807) is 14.2 Å². The van der Waals surface area contributed by atoms with Crippen LogP contribution in [0.15, 0.2) is 0 Å². The predicted octanol–water partition coefficient (Wildman–Crippen LogP) is 2.72. The van der Waals surface area contributed by atoms with Crippen LogP contribution in [-0.4, -0.2) is 26.9 Å². The molecular weight excluding hydrogens is 164 g/mol. The van der Waals surface area contributed by atoms with E-state index in [9.17, 15) is 0 Å². The SMILES string of the molecule is COCC(CCC(C)C)C(C)OC. The Balaban J connectivity index is 3.79. The molecule has 0 fully saturated rings. The minimum absolute atomic E-state index is 0.304. The van der Waals surface area contributed by atoms with Crippen molar-refractivity contribution < 1.29 is 9.47 Å². The molecule has 0 aromatic rings. The zero-order valence-electron chi connectivity index (χ0n) is 9.67. The van der Waals surface area contributed by atoms with Crippen LogP contribution in [0.5, 0.6) is 0 Å². The summed E-state index contributed by atoms with van der Waals surface area (Å²) in [5.74, 6) is 1.31. The third-order valence-corrected chi connectivity index (χ3v) is 2.53. The highest BCUT2D eigenvalue weighted by Crippen LogP contribution is 2.17. The molecule has 2 unspecified atom stereocenters. The van der Waals surface area contributed by atoms with Gasteiger partial charge in [0.25, 0.3) is 0 Å². The lowest BCUT2D eigenvalue weighted by atomic mass is 9.94. The Morgan fingerprint density at radius 3 is 2.00 bits per heavy atom. The van der Waals surface area contributed by atoms with E-state index in [1.807, 2.05) is 0 Å². The number of hydrogen-bond donors (Lipinski definition) is 0. The predicted molar refractivity (Wildman–Crippen MR) is 55.9 cm³/mol. The first-order valence-electron chi connectivity index (χ1n) is 5.13. The number of rotatable bonds is 7. The molecule has 0 radical (unpaired) electrons. The maximum Gasteiger partial charge on any atom is 0.0593 e. The minimum atomic E-state index is 0.304. The van der Waals surface area contributed by atoms with Gasteiger partial charge in [0, 0.05) is 20.1 Å². The first kappa shape index (κ1) is 12.9. The van der Waals surface area contributed by atoms with Crippen LogP contribution in [0.1, 0.15) is 33.6 Å². The highest BCUT2D eigenvalue weighted by atomic mass is 16.5. The summed E-state index contributed by atoms with van der Waals surface area (Å²) in [6.45, 7) is 7.43. The molecule has 0 aliphatic carbocycles. The van der Waals surface area contributed by atoms with Crippen molar-refractivity contribution in [2.75, 3.05) is 20.8 Å². The van der Waals surface area contributed by atoms with E-state index in [0.717, 1.165) is 12.5 Å². The van der Waals surface area contributed by atoms with E-state index in [4.69, 9.17) is 9.47 Å². The van der Waals surface area contributed by atoms with Gasteiger partial charge in [0.15, 0.2) is 0 Å². The molecule has 0 N–H and O–H groups in total. The lowest BCUT2D eigenvalue weighted by molar-refractivity contribution is 0.0200. The van der Waals surface area contributed by atoms with Crippen molar-refractivity contribution in [2.24, 2.45) is 11.8 Å². The summed E-state index contributed by atoms with van der Waals surface area (Å²) >= 11 is 0. The summed E-state index contributed by atoms with van der Waals surface area (Å²) in [5, 5.41) is 0. The van der Waals surface area contributed by atoms with Gasteiger partial charge in [0.1, 0.15) is 0 Å². The van der Waals surface area contributed by atoms with Gasteiger partial charge in [-0.05, 0) is 19.3 Å². The van der Waals surface area contributed by atoms with Crippen LogP contribution in [0.3, 0.4) is 0 Å². The van der Waals surface area contributed by atoms with Gasteiger partial charge in [0.05, 0.1) is 12.7 Å². The Morgan fingerprint density at radius 1 is 1.00 bits per heavy atom. The summed E-state index contributed by atoms with van der Waals surface area (Å²) < 4.78 is 10.5. The van der Waals surface area contributed by atoms with Crippen molar-refractivity contribution in [2.45, 2.75) is 39.7 Å². The Labute approximate surface area is 82.6 Å². The van der Waals surface area contributed by atoms with Gasteiger partial charge in [-0.3, -0.25) is 0 Å². The van der Waals surface area contributed by atoms with Gasteiger partial charge in [-0.25, -0.2) is 0 Å². The quantitative estimate of drug-likeness (QED) is 0.611. The van der Waals surface area contributed by atoms with Crippen LogP contribution >= 0.6 is 0 Å². The lowest BCUT2D eigenvalue weighted by Gasteiger charge is -2.22. The highest BCUT2D eigenvalue weighted by molar-refractivity contribution is 4.66. The third kappa shape index (κ3) is 6.05. The summed E-state index contributed by atoms with van der Waals surface area (Å²) in [5.41, 5.74) is 0. The van der Waals surface area contributed by atoms with Gasteiger partial charge >= 0.3 is 0 Å². The molecule has 2 heteroatoms. The largest absolute Gasteiger partial charge is 0.384 e. The van der Waals surface area contributed by atoms with Crippen molar-refractivity contribution in [3.05, 3.63) is 0 Å². The zero-order valence-corrected chi connectivity index (χ0v) is 9.67. The normalized spacial score (nSPS) is 16.2. The van der Waals surface area contributed by atoms with E-state index in [1.165, 1.54) is 12.8 Å². The molecule has 2 nitrogen and oxygen atoms in total. The average Bonchev–Trinajstić information content (AvgIpc) is 2.10. The molecule has 0 aromatic heterocycles. The number of methoxy groups -OCH3 is 2. The molecule has 0 amide bonds. The number of hydrogen-bond acceptors (Lipinski definition) is 2. The summed E-state index contributed by atoms with van der Waals surface area (Å²) in [6.07, 6.45) is 2.75. The molecule has 0 aromatic carbocycles. The van der Waals surface area contributed by atoms with Crippen LogP contribution < -0.4 is 0 Å². The number of ether oxygens (including phenoxy) is 2. The second-order valence-corrected chi connectivity index (χ2v) is 4.13. The van der Waals surface area contributed by atoms with Gasteiger partial charge in [-0.15, -0.1) is 0 Å². The standard InChI is InChI=1S/C11H24O2/c1-9(2)6-7-11(8-12-4)10(3)13-5/h9-11H,6-8H2,1-5H3. The van der Waals surface area contributed by atoms with E-state index in [2.05, 4.69) is 20.8 Å². The summed E-state index contributed by atoms with van der Waals surface area (Å²) in [4.78, 5) is 0. The maximum absolute atomic E-state index is 5.32. The molecule has 0 bridgehead atoms. The van der Waals surface area contributed by atoms with E-state index in [-0.39, 0.29) is 0 Å². The summed E-state index contributed by atoms with van der Waals surface area (Å²) in [6, 6.07) is 0. The minimum Gasteiger partial charge on any atom is -0.384 e. The third-order valence-electron chi connectivity index (χ3n) is 2.53. The molecule has 13 heavy (non-hydrogen) atoms. The lowest BCUT2D eigenvalue weighted by Crippen LogP contribution is -2.24. The Hall–Kier alpha value is -0.0800. The molecule has 0 rings (SSSR count). The van der Waals surface area contributed by atoms with Crippen molar-refractivity contribution in [1.82, 2.24) is 0 Å². The monoisotopic (exact) mass is 188 g/mol. The molecule has 0 heterocycles. The molecule has 0 spiro atoms. The Morgan fingerprint density at radius 2 is 1.62 bits per heavy atom. The van der Waals surface area contributed by atoms with Gasteiger partial charge in [-0.1, -0.05) is 20.3 Å². The summed E-state index contributed by atoms with van der Waals surface area (Å²) in [7, 11) is 3.52. The van der Waals surface area contributed by atoms with Crippen molar-refractivity contribution in [1.29, 1.82) is 0 Å². The van der Waals surface area contributed by atoms with Crippen molar-refractivity contribution >= 4 is 0 Å². The second-order valence-electron chi connectivity index (χ2n) is 4.13. The van der Waals surface area contributed by atoms with Crippen LogP contribution in [0.4, 0.5) is 0 Å². The zero-order chi connectivity index (χ0) is 10.3. The fraction of sp³-hybridized carbons (Fsp3) is 1.00. The molecular formula is C11H24O2. The first-order chi connectivity index (χ1) is 6.11.